The normalized spacial score (nSPS) is 21.6. The van der Waals surface area contributed by atoms with Gasteiger partial charge in [0.15, 0.2) is 5.58 Å². The average Bonchev–Trinajstić information content (AvgIpc) is 3.05. The number of carboxylic acids is 1. The van der Waals surface area contributed by atoms with E-state index < -0.39 is 5.97 Å². The van der Waals surface area contributed by atoms with Gasteiger partial charge in [0.25, 0.3) is 0 Å². The summed E-state index contributed by atoms with van der Waals surface area (Å²) in [6.45, 7) is 2.26. The molecule has 0 saturated carbocycles. The van der Waals surface area contributed by atoms with Gasteiger partial charge in [-0.25, -0.2) is 9.78 Å². The third-order valence-corrected chi connectivity index (χ3v) is 4.85. The molecule has 1 aromatic heterocycles. The van der Waals surface area contributed by atoms with Crippen molar-refractivity contribution in [1.82, 2.24) is 14.8 Å². The Morgan fingerprint density at radius 1 is 1.28 bits per heavy atom. The number of hydrogen-bond donors (Lipinski definition) is 1. The van der Waals surface area contributed by atoms with Gasteiger partial charge in [-0.3, -0.25) is 4.90 Å². The molecule has 2 aliphatic heterocycles. The van der Waals surface area contributed by atoms with E-state index in [-0.39, 0.29) is 11.7 Å². The molecule has 0 amide bonds. The predicted molar refractivity (Wildman–Crippen MR) is 95.1 cm³/mol. The molecule has 2 aromatic rings. The number of rotatable bonds is 3. The fraction of sp³-hybridized carbons (Fsp3) is 0.368. The van der Waals surface area contributed by atoms with Crippen molar-refractivity contribution < 1.29 is 14.3 Å². The van der Waals surface area contributed by atoms with Gasteiger partial charge in [0.1, 0.15) is 11.7 Å². The molecule has 2 aliphatic rings. The number of aromatic nitrogens is 1. The Bertz CT molecular complexity index is 862. The van der Waals surface area contributed by atoms with Crippen LogP contribution >= 0.6 is 0 Å². The Morgan fingerprint density at radius 2 is 2.08 bits per heavy atom. The van der Waals surface area contributed by atoms with E-state index in [1.807, 2.05) is 12.3 Å². The van der Waals surface area contributed by atoms with Crippen LogP contribution in [0.1, 0.15) is 35.5 Å². The van der Waals surface area contributed by atoms with Crippen LogP contribution in [0.3, 0.4) is 0 Å². The summed E-state index contributed by atoms with van der Waals surface area (Å²) in [6, 6.07) is 4.73. The molecule has 4 rings (SSSR count). The summed E-state index contributed by atoms with van der Waals surface area (Å²) in [5, 5.41) is 9.10. The molecule has 1 fully saturated rings. The van der Waals surface area contributed by atoms with E-state index >= 15 is 0 Å². The molecule has 1 saturated heterocycles. The fourth-order valence-electron chi connectivity index (χ4n) is 3.54. The molecule has 1 atom stereocenters. The number of likely N-dealkylation sites (N-methyl/N-ethyl adjacent to an activating group) is 1. The molecule has 6 heteroatoms. The van der Waals surface area contributed by atoms with Gasteiger partial charge < -0.3 is 14.4 Å². The molecule has 130 valence electrons. The molecule has 1 aromatic carbocycles. The Kier molecular flexibility index (Phi) is 4.05. The summed E-state index contributed by atoms with van der Waals surface area (Å²) < 4.78 is 5.81. The van der Waals surface area contributed by atoms with E-state index in [9.17, 15) is 4.79 Å². The van der Waals surface area contributed by atoms with Crippen LogP contribution < -0.4 is 0 Å². The largest absolute Gasteiger partial charge is 0.478 e. The smallest absolute Gasteiger partial charge is 0.335 e. The maximum Gasteiger partial charge on any atom is 0.335 e. The van der Waals surface area contributed by atoms with Crippen molar-refractivity contribution in [1.29, 1.82) is 0 Å². The number of oxazole rings is 1. The van der Waals surface area contributed by atoms with Gasteiger partial charge in [-0.2, -0.15) is 0 Å². The summed E-state index contributed by atoms with van der Waals surface area (Å²) >= 11 is 0. The van der Waals surface area contributed by atoms with Crippen LogP contribution in [0.5, 0.6) is 0 Å². The zero-order valence-electron chi connectivity index (χ0n) is 14.2. The highest BCUT2D eigenvalue weighted by molar-refractivity contribution is 5.92. The predicted octanol–water partition coefficient (Wildman–Crippen LogP) is 3.18. The first-order valence-electron chi connectivity index (χ1n) is 8.62. The fourth-order valence-corrected chi connectivity index (χ4v) is 3.54. The van der Waals surface area contributed by atoms with Gasteiger partial charge in [-0.05, 0) is 43.2 Å². The minimum atomic E-state index is -0.965. The highest BCUT2D eigenvalue weighted by Crippen LogP contribution is 2.27. The van der Waals surface area contributed by atoms with Gasteiger partial charge in [-0.1, -0.05) is 6.42 Å². The van der Waals surface area contributed by atoms with Gasteiger partial charge >= 0.3 is 5.97 Å². The molecule has 0 aliphatic carbocycles. The second-order valence-corrected chi connectivity index (χ2v) is 6.63. The zero-order chi connectivity index (χ0) is 17.4. The van der Waals surface area contributed by atoms with Crippen LogP contribution in [0.4, 0.5) is 0 Å². The third-order valence-electron chi connectivity index (χ3n) is 4.85. The highest BCUT2D eigenvalue weighted by Gasteiger charge is 2.24. The minimum absolute atomic E-state index is 0.211. The summed E-state index contributed by atoms with van der Waals surface area (Å²) in [4.78, 5) is 20.2. The third kappa shape index (κ3) is 3.05. The molecule has 1 N–H and O–H groups in total. The Morgan fingerprint density at radius 3 is 2.80 bits per heavy atom. The van der Waals surface area contributed by atoms with Crippen molar-refractivity contribution in [3.05, 3.63) is 48.0 Å². The van der Waals surface area contributed by atoms with Gasteiger partial charge in [0.2, 0.25) is 5.89 Å². The molecule has 6 nitrogen and oxygen atoms in total. The Balaban J connectivity index is 1.59. The number of benzene rings is 1. The standard InChI is InChI=1S/C19H21N3O3/c1-21-12-14(6-8-17(21)22-9-3-2-4-10-22)18-20-15-11-13(19(23)24)5-7-16(15)25-18/h5-8,11-12,17H,2-4,9-10H2,1H3,(H,23,24). The number of piperidine rings is 1. The quantitative estimate of drug-likeness (QED) is 0.926. The first-order valence-corrected chi connectivity index (χ1v) is 8.62. The Labute approximate surface area is 146 Å². The van der Waals surface area contributed by atoms with Gasteiger partial charge in [0.05, 0.1) is 11.1 Å². The lowest BCUT2D eigenvalue weighted by Gasteiger charge is -2.39. The van der Waals surface area contributed by atoms with E-state index in [2.05, 4.69) is 27.9 Å². The van der Waals surface area contributed by atoms with Gasteiger partial charge in [0, 0.05) is 26.3 Å². The summed E-state index contributed by atoms with van der Waals surface area (Å²) in [6.07, 6.45) is 10.4. The summed E-state index contributed by atoms with van der Waals surface area (Å²) in [7, 11) is 2.06. The number of fused-ring (bicyclic) bond motifs is 1. The number of likely N-dealkylation sites (tertiary alicyclic amines) is 1. The summed E-state index contributed by atoms with van der Waals surface area (Å²) in [5.74, 6) is -0.454. The molecule has 0 spiro atoms. The maximum atomic E-state index is 11.1. The van der Waals surface area contributed by atoms with Crippen LogP contribution in [0.25, 0.3) is 16.7 Å². The second kappa shape index (κ2) is 6.37. The number of carboxylic acid groups (broad SMARTS) is 1. The SMILES string of the molecule is CN1C=C(c2nc3cc(C(=O)O)ccc3o2)C=CC1N1CCCCC1. The maximum absolute atomic E-state index is 11.1. The average molecular weight is 339 g/mol. The van der Waals surface area contributed by atoms with Crippen molar-refractivity contribution >= 4 is 22.6 Å². The van der Waals surface area contributed by atoms with E-state index in [4.69, 9.17) is 9.52 Å². The molecular formula is C19H21N3O3. The van der Waals surface area contributed by atoms with Crippen molar-refractivity contribution in [2.45, 2.75) is 25.4 Å². The van der Waals surface area contributed by atoms with E-state index in [1.165, 1.54) is 31.4 Å². The first-order chi connectivity index (χ1) is 12.1. The van der Waals surface area contributed by atoms with Crippen LogP contribution in [0, 0.1) is 0 Å². The van der Waals surface area contributed by atoms with Crippen LogP contribution in [-0.4, -0.2) is 52.2 Å². The van der Waals surface area contributed by atoms with Crippen LogP contribution in [0.2, 0.25) is 0 Å². The highest BCUT2D eigenvalue weighted by atomic mass is 16.4. The van der Waals surface area contributed by atoms with Crippen molar-refractivity contribution in [3.63, 3.8) is 0 Å². The number of aromatic carboxylic acids is 1. The molecule has 25 heavy (non-hydrogen) atoms. The van der Waals surface area contributed by atoms with Crippen molar-refractivity contribution in [2.24, 2.45) is 0 Å². The van der Waals surface area contributed by atoms with E-state index in [1.54, 1.807) is 6.07 Å². The van der Waals surface area contributed by atoms with E-state index in [0.29, 0.717) is 17.0 Å². The lowest BCUT2D eigenvalue weighted by molar-refractivity contribution is 0.0697. The van der Waals surface area contributed by atoms with Crippen molar-refractivity contribution in [3.8, 4) is 0 Å². The van der Waals surface area contributed by atoms with Crippen molar-refractivity contribution in [2.75, 3.05) is 20.1 Å². The minimum Gasteiger partial charge on any atom is -0.478 e. The number of allylic oxidation sites excluding steroid dienone is 2. The molecular weight excluding hydrogens is 318 g/mol. The van der Waals surface area contributed by atoms with E-state index in [0.717, 1.165) is 18.7 Å². The zero-order valence-corrected chi connectivity index (χ0v) is 14.2. The Hall–Kier alpha value is -2.60. The first kappa shape index (κ1) is 15.9. The molecule has 1 unspecified atom stereocenters. The molecule has 0 radical (unpaired) electrons. The number of hydrogen-bond acceptors (Lipinski definition) is 5. The molecule has 3 heterocycles. The second-order valence-electron chi connectivity index (χ2n) is 6.63. The van der Waals surface area contributed by atoms with Crippen LogP contribution in [-0.2, 0) is 0 Å². The lowest BCUT2D eigenvalue weighted by Crippen LogP contribution is -2.46. The summed E-state index contributed by atoms with van der Waals surface area (Å²) in [5.41, 5.74) is 2.26. The van der Waals surface area contributed by atoms with Gasteiger partial charge in [-0.15, -0.1) is 0 Å². The monoisotopic (exact) mass is 339 g/mol. The topological polar surface area (TPSA) is 69.8 Å². The number of carbonyl (C=O) groups is 1. The number of nitrogens with zero attached hydrogens (tertiary/aromatic N) is 3. The van der Waals surface area contributed by atoms with Crippen LogP contribution in [0.15, 0.2) is 41.0 Å². The molecule has 0 bridgehead atoms. The lowest BCUT2D eigenvalue weighted by atomic mass is 10.1.